The van der Waals surface area contributed by atoms with Crippen molar-refractivity contribution < 1.29 is 35.3 Å². The van der Waals surface area contributed by atoms with Gasteiger partial charge in [0.05, 0.1) is 5.69 Å². The summed E-state index contributed by atoms with van der Waals surface area (Å²) < 4.78 is 72.0. The van der Waals surface area contributed by atoms with E-state index in [1.807, 2.05) is 23.4 Å². The standard InChI is InChI=1S/C19H18F3N3O4S.C13H8OS3/c1-24-6-8-25(9-7-24)16-11-14(29-30(26,27)19(20,21)22)10-15-18(16)28-17-5-3-2-4-13(17)12-23-15;14-7-9-6-13(16-8-9)12-4-3-11(17-12)10-2-1-5-15-10/h2-5,10-12H,6-9H2,1H3;1-8H. The highest BCUT2D eigenvalue weighted by molar-refractivity contribution is 7.88. The molecular weight excluding hydrogens is 692 g/mol. The molecule has 7 rings (SSSR count). The number of carbonyl (C=O) groups is 1. The fourth-order valence-electron chi connectivity index (χ4n) is 4.77. The van der Waals surface area contributed by atoms with Gasteiger partial charge in [-0.2, -0.15) is 21.6 Å². The Bertz CT molecular complexity index is 2010. The molecule has 0 unspecified atom stereocenters. The molecule has 1 fully saturated rings. The first-order valence-electron chi connectivity index (χ1n) is 14.1. The van der Waals surface area contributed by atoms with Crippen molar-refractivity contribution in [1.82, 2.24) is 4.90 Å². The second kappa shape index (κ2) is 13.6. The molecule has 0 atom stereocenters. The lowest BCUT2D eigenvalue weighted by Crippen LogP contribution is -2.44. The van der Waals surface area contributed by atoms with Crippen LogP contribution < -0.4 is 13.8 Å². The minimum Gasteiger partial charge on any atom is -0.452 e. The number of likely N-dealkylation sites (N-methyl/N-ethyl adjacent to an activating group) is 1. The van der Waals surface area contributed by atoms with Crippen LogP contribution in [-0.2, 0) is 10.1 Å². The fraction of sp³-hybridized carbons (Fsp3) is 0.188. The summed E-state index contributed by atoms with van der Waals surface area (Å²) in [5.41, 5.74) is -3.50. The van der Waals surface area contributed by atoms with Crippen molar-refractivity contribution in [3.63, 3.8) is 0 Å². The van der Waals surface area contributed by atoms with Crippen LogP contribution in [0.15, 0.2) is 82.5 Å². The number of carbonyl (C=O) groups excluding carboxylic acids is 1. The molecular formula is C32H26F3N3O5S4. The molecule has 8 nitrogen and oxygen atoms in total. The SMILES string of the molecule is CN1CCN(c2cc(OS(=O)(=O)C(F)(F)F)cc3c2Oc2ccccc2C=N3)CC1.O=Cc1csc(-c2ccc(-c3cccs3)s2)c1. The van der Waals surface area contributed by atoms with Gasteiger partial charge in [0.1, 0.15) is 17.2 Å². The predicted octanol–water partition coefficient (Wildman–Crippen LogP) is 8.54. The van der Waals surface area contributed by atoms with Crippen molar-refractivity contribution in [3.8, 4) is 36.8 Å². The van der Waals surface area contributed by atoms with Gasteiger partial charge in [-0.3, -0.25) is 9.79 Å². The van der Waals surface area contributed by atoms with Crippen molar-refractivity contribution in [2.24, 2.45) is 4.99 Å². The minimum atomic E-state index is -5.82. The summed E-state index contributed by atoms with van der Waals surface area (Å²) in [5, 5.41) is 3.98. The maximum Gasteiger partial charge on any atom is 0.534 e. The van der Waals surface area contributed by atoms with Crippen LogP contribution in [0.3, 0.4) is 0 Å². The van der Waals surface area contributed by atoms with E-state index in [0.717, 1.165) is 31.0 Å². The molecule has 2 aliphatic rings. The molecule has 0 radical (unpaired) electrons. The summed E-state index contributed by atoms with van der Waals surface area (Å²) in [6.07, 6.45) is 2.41. The Kier molecular flexibility index (Phi) is 9.53. The van der Waals surface area contributed by atoms with Gasteiger partial charge in [0, 0.05) is 80.5 Å². The number of hydrogen-bond acceptors (Lipinski definition) is 11. The third-order valence-corrected chi connectivity index (χ3v) is 11.5. The van der Waals surface area contributed by atoms with E-state index in [0.29, 0.717) is 35.8 Å². The third-order valence-electron chi connectivity index (χ3n) is 7.20. The van der Waals surface area contributed by atoms with Gasteiger partial charge in [0.15, 0.2) is 12.0 Å². The Hall–Kier alpha value is -4.02. The monoisotopic (exact) mass is 717 g/mol. The molecule has 15 heteroatoms. The zero-order chi connectivity index (χ0) is 33.2. The highest BCUT2D eigenvalue weighted by Gasteiger charge is 2.48. The number of para-hydroxylation sites is 1. The Balaban J connectivity index is 0.000000191. The molecule has 3 aromatic heterocycles. The quantitative estimate of drug-likeness (QED) is 0.0970. The lowest BCUT2D eigenvalue weighted by molar-refractivity contribution is -0.0500. The number of halogens is 3. The summed E-state index contributed by atoms with van der Waals surface area (Å²) in [4.78, 5) is 24.0. The van der Waals surface area contributed by atoms with Crippen LogP contribution in [-0.4, -0.2) is 64.6 Å². The number of fused-ring (bicyclic) bond motifs is 2. The Labute approximate surface area is 281 Å². The molecule has 0 amide bonds. The topological polar surface area (TPSA) is 88.5 Å². The number of rotatable bonds is 6. The van der Waals surface area contributed by atoms with E-state index in [1.54, 1.807) is 58.3 Å². The van der Waals surface area contributed by atoms with Gasteiger partial charge < -0.3 is 18.7 Å². The summed E-state index contributed by atoms with van der Waals surface area (Å²) in [6, 6.07) is 19.9. The molecule has 2 aromatic carbocycles. The molecule has 1 saturated heterocycles. The van der Waals surface area contributed by atoms with E-state index in [2.05, 4.69) is 43.7 Å². The predicted molar refractivity (Wildman–Crippen MR) is 182 cm³/mol. The summed E-state index contributed by atoms with van der Waals surface area (Å²) in [7, 11) is -3.85. The van der Waals surface area contributed by atoms with Gasteiger partial charge in [0.25, 0.3) is 0 Å². The smallest absolute Gasteiger partial charge is 0.452 e. The molecule has 0 saturated carbocycles. The van der Waals surface area contributed by atoms with Crippen molar-refractivity contribution in [3.05, 3.63) is 88.6 Å². The second-order valence-corrected chi connectivity index (χ2v) is 14.9. The van der Waals surface area contributed by atoms with E-state index in [1.165, 1.54) is 31.8 Å². The number of benzene rings is 2. The van der Waals surface area contributed by atoms with Crippen LogP contribution in [0.1, 0.15) is 15.9 Å². The van der Waals surface area contributed by atoms with Crippen LogP contribution in [0, 0.1) is 0 Å². The maximum atomic E-state index is 12.8. The molecule has 244 valence electrons. The van der Waals surface area contributed by atoms with Gasteiger partial charge in [-0.05, 0) is 48.8 Å². The normalized spacial score (nSPS) is 14.7. The Morgan fingerprint density at radius 1 is 0.915 bits per heavy atom. The molecule has 47 heavy (non-hydrogen) atoms. The number of thiophene rings is 3. The maximum absolute atomic E-state index is 12.8. The molecule has 0 N–H and O–H groups in total. The number of piperazine rings is 1. The number of aldehydes is 1. The number of anilines is 1. The van der Waals surface area contributed by atoms with Crippen LogP contribution >= 0.6 is 34.0 Å². The largest absolute Gasteiger partial charge is 0.534 e. The zero-order valence-electron chi connectivity index (χ0n) is 24.6. The first-order chi connectivity index (χ1) is 22.5. The first-order valence-corrected chi connectivity index (χ1v) is 18.1. The van der Waals surface area contributed by atoms with Crippen molar-refractivity contribution in [1.29, 1.82) is 0 Å². The highest BCUT2D eigenvalue weighted by atomic mass is 32.2. The third kappa shape index (κ3) is 7.44. The van der Waals surface area contributed by atoms with Gasteiger partial charge in [0.2, 0.25) is 0 Å². The van der Waals surface area contributed by atoms with E-state index < -0.39 is 21.4 Å². The van der Waals surface area contributed by atoms with E-state index in [-0.39, 0.29) is 5.69 Å². The molecule has 0 spiro atoms. The molecule has 0 bridgehead atoms. The van der Waals surface area contributed by atoms with Crippen LogP contribution in [0.5, 0.6) is 17.2 Å². The molecule has 5 heterocycles. The molecule has 0 aliphatic carbocycles. The van der Waals surface area contributed by atoms with Gasteiger partial charge in [-0.25, -0.2) is 0 Å². The van der Waals surface area contributed by atoms with Gasteiger partial charge >= 0.3 is 15.6 Å². The number of ether oxygens (including phenoxy) is 1. The second-order valence-electron chi connectivity index (χ2n) is 10.5. The van der Waals surface area contributed by atoms with E-state index >= 15 is 0 Å². The Morgan fingerprint density at radius 2 is 1.66 bits per heavy atom. The first kappa shape index (κ1) is 32.9. The van der Waals surface area contributed by atoms with Crippen molar-refractivity contribution >= 4 is 68.0 Å². The summed E-state index contributed by atoms with van der Waals surface area (Å²) in [5.74, 6) is 0.385. The van der Waals surface area contributed by atoms with Gasteiger partial charge in [-0.15, -0.1) is 34.0 Å². The van der Waals surface area contributed by atoms with Crippen molar-refractivity contribution in [2.75, 3.05) is 38.1 Å². The molecule has 2 aliphatic heterocycles. The van der Waals surface area contributed by atoms with E-state index in [9.17, 15) is 26.4 Å². The van der Waals surface area contributed by atoms with Gasteiger partial charge in [-0.1, -0.05) is 18.2 Å². The van der Waals surface area contributed by atoms with Crippen LogP contribution in [0.4, 0.5) is 24.5 Å². The van der Waals surface area contributed by atoms with E-state index in [4.69, 9.17) is 4.74 Å². The van der Waals surface area contributed by atoms with Crippen LogP contribution in [0.2, 0.25) is 0 Å². The lowest BCUT2D eigenvalue weighted by atomic mass is 10.2. The Morgan fingerprint density at radius 3 is 2.34 bits per heavy atom. The minimum absolute atomic E-state index is 0.176. The summed E-state index contributed by atoms with van der Waals surface area (Å²) >= 11 is 5.14. The number of nitrogens with zero attached hydrogens (tertiary/aromatic N) is 3. The fourth-order valence-corrected chi connectivity index (χ4v) is 8.01. The number of aliphatic imine (C=N–C) groups is 1. The van der Waals surface area contributed by atoms with Crippen molar-refractivity contribution in [2.45, 2.75) is 5.51 Å². The summed E-state index contributed by atoms with van der Waals surface area (Å²) in [6.45, 7) is 2.60. The average Bonchev–Trinajstić information content (AvgIpc) is 3.82. The van der Waals surface area contributed by atoms with Crippen LogP contribution in [0.25, 0.3) is 19.5 Å². The number of hydrogen-bond donors (Lipinski definition) is 0. The lowest BCUT2D eigenvalue weighted by Gasteiger charge is -2.35. The highest BCUT2D eigenvalue weighted by Crippen LogP contribution is 2.47. The molecule has 5 aromatic rings. The average molecular weight is 718 g/mol. The zero-order valence-corrected chi connectivity index (χ0v) is 27.9. The number of alkyl halides is 3.